The van der Waals surface area contributed by atoms with Crippen LogP contribution < -0.4 is 4.74 Å². The third kappa shape index (κ3) is 3.55. The Morgan fingerprint density at radius 3 is 2.55 bits per heavy atom. The topological polar surface area (TPSA) is 79.7 Å². The summed E-state index contributed by atoms with van der Waals surface area (Å²) >= 11 is 17.5. The van der Waals surface area contributed by atoms with Crippen LogP contribution in [0.1, 0.15) is 6.92 Å². The molecule has 1 atom stereocenters. The van der Waals surface area contributed by atoms with E-state index >= 15 is 0 Å². The summed E-state index contributed by atoms with van der Waals surface area (Å²) in [4.78, 5) is 15.0. The summed E-state index contributed by atoms with van der Waals surface area (Å²) in [5.74, 6) is -1.74. The zero-order chi connectivity index (χ0) is 16.5. The van der Waals surface area contributed by atoms with Crippen molar-refractivity contribution < 1.29 is 19.7 Å². The Labute approximate surface area is 141 Å². The van der Waals surface area contributed by atoms with Gasteiger partial charge in [-0.05, 0) is 24.3 Å². The lowest BCUT2D eigenvalue weighted by Crippen LogP contribution is -2.35. The van der Waals surface area contributed by atoms with Gasteiger partial charge >= 0.3 is 5.97 Å². The van der Waals surface area contributed by atoms with Gasteiger partial charge in [-0.25, -0.2) is 4.79 Å². The van der Waals surface area contributed by atoms with Gasteiger partial charge < -0.3 is 14.9 Å². The molecule has 0 aliphatic carbocycles. The number of alkyl halides is 1. The molecule has 0 amide bonds. The minimum atomic E-state index is -1.99. The molecule has 0 radical (unpaired) electrons. The molecular formula is C14H10Cl3NO4. The smallest absolute Gasteiger partial charge is 0.363 e. The van der Waals surface area contributed by atoms with Crippen molar-refractivity contribution in [1.29, 1.82) is 0 Å². The lowest BCUT2D eigenvalue weighted by atomic mass is 10.1. The summed E-state index contributed by atoms with van der Waals surface area (Å²) < 4.78 is 5.08. The average molecular weight is 363 g/mol. The highest BCUT2D eigenvalue weighted by Gasteiger charge is 2.33. The van der Waals surface area contributed by atoms with Crippen LogP contribution in [-0.2, 0) is 4.79 Å². The van der Waals surface area contributed by atoms with Crippen LogP contribution in [0.2, 0.25) is 10.0 Å². The van der Waals surface area contributed by atoms with Gasteiger partial charge in [0.15, 0.2) is 11.5 Å². The van der Waals surface area contributed by atoms with E-state index in [4.69, 9.17) is 44.6 Å². The maximum Gasteiger partial charge on any atom is 0.363 e. The van der Waals surface area contributed by atoms with Crippen molar-refractivity contribution in [2.75, 3.05) is 0 Å². The second-order valence-corrected chi connectivity index (χ2v) is 6.06. The predicted molar refractivity (Wildman–Crippen MR) is 83.9 cm³/mol. The third-order valence-electron chi connectivity index (χ3n) is 2.72. The number of aromatic hydroxyl groups is 1. The second kappa shape index (κ2) is 6.20. The molecule has 8 heteroatoms. The highest BCUT2D eigenvalue weighted by Crippen LogP contribution is 2.36. The van der Waals surface area contributed by atoms with E-state index in [1.807, 2.05) is 0 Å². The number of aliphatic carboxylic acids is 1. The van der Waals surface area contributed by atoms with E-state index in [2.05, 4.69) is 4.98 Å². The van der Waals surface area contributed by atoms with Crippen molar-refractivity contribution in [3.8, 4) is 22.8 Å². The molecule has 116 valence electrons. The largest absolute Gasteiger partial charge is 0.504 e. The Hall–Kier alpha value is -1.69. The molecule has 0 aliphatic heterocycles. The summed E-state index contributed by atoms with van der Waals surface area (Å²) in [6.07, 6.45) is 1.42. The highest BCUT2D eigenvalue weighted by molar-refractivity contribution is 6.36. The molecule has 1 aromatic heterocycles. The van der Waals surface area contributed by atoms with Gasteiger partial charge in [-0.2, -0.15) is 0 Å². The zero-order valence-electron chi connectivity index (χ0n) is 11.2. The van der Waals surface area contributed by atoms with Crippen molar-refractivity contribution in [2.45, 2.75) is 12.0 Å². The van der Waals surface area contributed by atoms with Crippen molar-refractivity contribution >= 4 is 40.8 Å². The number of hydrogen-bond donors (Lipinski definition) is 2. The number of halogens is 3. The number of carboxylic acids is 1. The Morgan fingerprint density at radius 1 is 1.32 bits per heavy atom. The molecule has 22 heavy (non-hydrogen) atoms. The normalized spacial score (nSPS) is 13.5. The molecule has 2 rings (SSSR count). The van der Waals surface area contributed by atoms with E-state index in [1.165, 1.54) is 24.4 Å². The van der Waals surface area contributed by atoms with E-state index in [9.17, 15) is 9.90 Å². The molecule has 0 bridgehead atoms. The fourth-order valence-corrected chi connectivity index (χ4v) is 2.20. The number of phenols is 1. The van der Waals surface area contributed by atoms with Crippen LogP contribution in [0.5, 0.6) is 11.5 Å². The Bertz CT molecular complexity index is 734. The number of hydrogen-bond acceptors (Lipinski definition) is 4. The molecule has 1 heterocycles. The van der Waals surface area contributed by atoms with Gasteiger partial charge in [-0.15, -0.1) is 0 Å². The molecule has 0 fully saturated rings. The van der Waals surface area contributed by atoms with E-state index in [0.717, 1.165) is 6.92 Å². The second-order valence-electron chi connectivity index (χ2n) is 4.49. The maximum atomic E-state index is 10.9. The van der Waals surface area contributed by atoms with Crippen LogP contribution in [0.25, 0.3) is 11.3 Å². The van der Waals surface area contributed by atoms with E-state index in [1.54, 1.807) is 6.07 Å². The number of benzene rings is 1. The van der Waals surface area contributed by atoms with Crippen LogP contribution >= 0.6 is 34.8 Å². The van der Waals surface area contributed by atoms with Crippen LogP contribution in [0.15, 0.2) is 30.5 Å². The van der Waals surface area contributed by atoms with Gasteiger partial charge in [0.25, 0.3) is 5.06 Å². The molecule has 0 aliphatic rings. The van der Waals surface area contributed by atoms with Crippen LogP contribution in [0, 0.1) is 0 Å². The van der Waals surface area contributed by atoms with Gasteiger partial charge in [0.2, 0.25) is 0 Å². The number of rotatable bonds is 4. The van der Waals surface area contributed by atoms with Crippen LogP contribution in [-0.4, -0.2) is 26.2 Å². The highest BCUT2D eigenvalue weighted by atomic mass is 35.5. The summed E-state index contributed by atoms with van der Waals surface area (Å²) in [5.41, 5.74) is 0.929. The first-order valence-corrected chi connectivity index (χ1v) is 7.10. The number of aromatic nitrogens is 1. The number of nitrogens with zero attached hydrogens (tertiary/aromatic N) is 1. The lowest BCUT2D eigenvalue weighted by molar-refractivity contribution is -0.147. The van der Waals surface area contributed by atoms with Crippen LogP contribution in [0.3, 0.4) is 0 Å². The first-order chi connectivity index (χ1) is 10.2. The Kier molecular flexibility index (Phi) is 4.70. The average Bonchev–Trinajstić information content (AvgIpc) is 2.41. The SMILES string of the molecule is CC(Cl)(Oc1ccc(-c2ncc(Cl)cc2Cl)cc1O)C(=O)O. The first-order valence-electron chi connectivity index (χ1n) is 5.96. The van der Waals surface area contributed by atoms with Gasteiger partial charge in [-0.1, -0.05) is 34.8 Å². The van der Waals surface area contributed by atoms with Gasteiger partial charge in [0.1, 0.15) is 0 Å². The molecule has 0 spiro atoms. The monoisotopic (exact) mass is 361 g/mol. The molecule has 0 saturated heterocycles. The van der Waals surface area contributed by atoms with Gasteiger partial charge in [-0.3, -0.25) is 4.98 Å². The van der Waals surface area contributed by atoms with Gasteiger partial charge in [0, 0.05) is 18.7 Å². The molecule has 5 nitrogen and oxygen atoms in total. The van der Waals surface area contributed by atoms with Crippen LogP contribution in [0.4, 0.5) is 0 Å². The zero-order valence-corrected chi connectivity index (χ0v) is 13.4. The predicted octanol–water partition coefficient (Wildman–Crippen LogP) is 4.18. The third-order valence-corrected chi connectivity index (χ3v) is 3.46. The van der Waals surface area contributed by atoms with E-state index in [-0.39, 0.29) is 11.5 Å². The quantitative estimate of drug-likeness (QED) is 0.798. The van der Waals surface area contributed by atoms with E-state index in [0.29, 0.717) is 21.3 Å². The number of ether oxygens (including phenoxy) is 1. The van der Waals surface area contributed by atoms with Crippen molar-refractivity contribution in [3.63, 3.8) is 0 Å². The number of pyridine rings is 1. The molecule has 1 unspecified atom stereocenters. The first kappa shape index (κ1) is 16.7. The minimum Gasteiger partial charge on any atom is -0.504 e. The summed E-state index contributed by atoms with van der Waals surface area (Å²) in [6.45, 7) is 1.15. The standard InChI is InChI=1S/C14H10Cl3NO4/c1-14(17,13(20)21)22-11-3-2-7(4-10(11)19)12-9(16)5-8(15)6-18-12/h2-6,19H,1H3,(H,20,21). The Morgan fingerprint density at radius 2 is 2.00 bits per heavy atom. The molecule has 2 aromatic rings. The van der Waals surface area contributed by atoms with Crippen molar-refractivity contribution in [1.82, 2.24) is 4.98 Å². The molecular weight excluding hydrogens is 353 g/mol. The number of phenolic OH excluding ortho intramolecular Hbond substituents is 1. The van der Waals surface area contributed by atoms with E-state index < -0.39 is 11.0 Å². The Balaban J connectivity index is 2.36. The van der Waals surface area contributed by atoms with Crippen molar-refractivity contribution in [3.05, 3.63) is 40.5 Å². The molecule has 1 aromatic carbocycles. The van der Waals surface area contributed by atoms with Crippen molar-refractivity contribution in [2.24, 2.45) is 0 Å². The summed E-state index contributed by atoms with van der Waals surface area (Å²) in [7, 11) is 0. The number of carboxylic acid groups (broad SMARTS) is 1. The fraction of sp³-hybridized carbons (Fsp3) is 0.143. The molecule has 2 N–H and O–H groups in total. The molecule has 0 saturated carbocycles. The van der Waals surface area contributed by atoms with Gasteiger partial charge in [0.05, 0.1) is 15.7 Å². The fourth-order valence-electron chi connectivity index (χ4n) is 1.63. The number of carbonyl (C=O) groups is 1. The summed E-state index contributed by atoms with van der Waals surface area (Å²) in [5, 5.41) is 17.6. The maximum absolute atomic E-state index is 10.9. The minimum absolute atomic E-state index is 0.0752. The lowest BCUT2D eigenvalue weighted by Gasteiger charge is -2.19. The summed E-state index contributed by atoms with van der Waals surface area (Å²) in [6, 6.07) is 5.80.